The molecule has 2 N–H and O–H groups in total. The zero-order valence-electron chi connectivity index (χ0n) is 18.0. The van der Waals surface area contributed by atoms with Crippen molar-refractivity contribution in [1.29, 1.82) is 0 Å². The molecule has 1 unspecified atom stereocenters. The number of benzene rings is 2. The molecule has 1 atom stereocenters. The van der Waals surface area contributed by atoms with Gasteiger partial charge in [0.1, 0.15) is 29.9 Å². The molecule has 162 valence electrons. The average Bonchev–Trinajstić information content (AvgIpc) is 3.23. The lowest BCUT2D eigenvalue weighted by molar-refractivity contribution is -0.933. The molecule has 1 fully saturated rings. The van der Waals surface area contributed by atoms with Gasteiger partial charge in [0.2, 0.25) is 0 Å². The third-order valence-corrected chi connectivity index (χ3v) is 6.92. The molecule has 1 amide bonds. The number of aryl methyl sites for hydroxylation is 1. The van der Waals surface area contributed by atoms with E-state index in [2.05, 4.69) is 30.4 Å². The summed E-state index contributed by atoms with van der Waals surface area (Å²) in [5.41, 5.74) is 3.01. The fraction of sp³-hybridized carbons (Fsp3) is 0.320. The second-order valence-corrected chi connectivity index (χ2v) is 8.79. The molecule has 5 nitrogen and oxygen atoms in total. The highest BCUT2D eigenvalue weighted by Crippen LogP contribution is 2.36. The summed E-state index contributed by atoms with van der Waals surface area (Å²) < 4.78 is 11.1. The first-order valence-electron chi connectivity index (χ1n) is 10.7. The topological polar surface area (TPSA) is 52.0 Å². The highest BCUT2D eigenvalue weighted by Gasteiger charge is 2.32. The highest BCUT2D eigenvalue weighted by molar-refractivity contribution is 7.16. The van der Waals surface area contributed by atoms with Crippen molar-refractivity contribution in [2.75, 3.05) is 38.7 Å². The maximum Gasteiger partial charge on any atom is 0.256 e. The van der Waals surface area contributed by atoms with E-state index in [4.69, 9.17) is 9.47 Å². The van der Waals surface area contributed by atoms with Crippen LogP contribution in [0.15, 0.2) is 60.7 Å². The third-order valence-electron chi connectivity index (χ3n) is 5.70. The lowest BCUT2D eigenvalue weighted by atomic mass is 9.97. The zero-order valence-corrected chi connectivity index (χ0v) is 18.8. The summed E-state index contributed by atoms with van der Waals surface area (Å²) in [7, 11) is 1.70. The van der Waals surface area contributed by atoms with Gasteiger partial charge in [0.05, 0.1) is 20.3 Å². The molecule has 1 aromatic heterocycles. The third kappa shape index (κ3) is 4.98. The Kier molecular flexibility index (Phi) is 7.02. The number of ether oxygens (including phenoxy) is 2. The minimum absolute atomic E-state index is 0.0762. The van der Waals surface area contributed by atoms with Crippen LogP contribution in [-0.2, 0) is 11.2 Å². The number of hydrogen-bond acceptors (Lipinski definition) is 4. The summed E-state index contributed by atoms with van der Waals surface area (Å²) in [5.74, 6) is 0.767. The summed E-state index contributed by atoms with van der Waals surface area (Å²) >= 11 is 1.67. The van der Waals surface area contributed by atoms with Gasteiger partial charge in [0.25, 0.3) is 5.91 Å². The second-order valence-electron chi connectivity index (χ2n) is 7.65. The first-order valence-corrected chi connectivity index (χ1v) is 11.6. The molecule has 1 saturated heterocycles. The number of amides is 1. The molecular weight excluding hydrogens is 408 g/mol. The minimum atomic E-state index is -0.0762. The Morgan fingerprint density at radius 2 is 1.90 bits per heavy atom. The number of nitrogens with one attached hydrogen (secondary N) is 2. The Hall–Kier alpha value is -2.67. The molecule has 6 heteroatoms. The lowest BCUT2D eigenvalue weighted by Gasteiger charge is -2.32. The van der Waals surface area contributed by atoms with E-state index in [1.807, 2.05) is 42.5 Å². The van der Waals surface area contributed by atoms with Gasteiger partial charge in [-0.2, -0.15) is 0 Å². The van der Waals surface area contributed by atoms with E-state index in [9.17, 15) is 4.79 Å². The molecule has 31 heavy (non-hydrogen) atoms. The van der Waals surface area contributed by atoms with Crippen LogP contribution in [0.1, 0.15) is 39.3 Å². The van der Waals surface area contributed by atoms with Crippen molar-refractivity contribution < 1.29 is 19.2 Å². The molecule has 2 heterocycles. The van der Waals surface area contributed by atoms with Crippen molar-refractivity contribution in [1.82, 2.24) is 0 Å². The Bertz CT molecular complexity index is 1010. The van der Waals surface area contributed by atoms with Gasteiger partial charge in [-0.1, -0.05) is 37.3 Å². The van der Waals surface area contributed by atoms with Gasteiger partial charge in [-0.25, -0.2) is 0 Å². The predicted molar refractivity (Wildman–Crippen MR) is 124 cm³/mol. The van der Waals surface area contributed by atoms with Gasteiger partial charge in [0.15, 0.2) is 0 Å². The van der Waals surface area contributed by atoms with Gasteiger partial charge in [0, 0.05) is 21.6 Å². The van der Waals surface area contributed by atoms with Crippen LogP contribution in [-0.4, -0.2) is 39.3 Å². The number of quaternary nitrogens is 1. The van der Waals surface area contributed by atoms with E-state index < -0.39 is 0 Å². The number of hydrogen-bond donors (Lipinski definition) is 2. The molecule has 2 aromatic carbocycles. The monoisotopic (exact) mass is 437 g/mol. The maximum absolute atomic E-state index is 12.9. The van der Waals surface area contributed by atoms with Crippen molar-refractivity contribution in [3.63, 3.8) is 0 Å². The normalized spacial score (nSPS) is 15.4. The van der Waals surface area contributed by atoms with Crippen LogP contribution in [0.5, 0.6) is 5.75 Å². The van der Waals surface area contributed by atoms with E-state index in [1.165, 1.54) is 15.3 Å². The Morgan fingerprint density at radius 1 is 1.13 bits per heavy atom. The fourth-order valence-electron chi connectivity index (χ4n) is 4.09. The fourth-order valence-corrected chi connectivity index (χ4v) is 5.12. The summed E-state index contributed by atoms with van der Waals surface area (Å²) in [4.78, 5) is 15.7. The molecule has 0 radical (unpaired) electrons. The van der Waals surface area contributed by atoms with Crippen molar-refractivity contribution >= 4 is 22.2 Å². The van der Waals surface area contributed by atoms with E-state index >= 15 is 0 Å². The van der Waals surface area contributed by atoms with Crippen LogP contribution in [0.3, 0.4) is 0 Å². The van der Waals surface area contributed by atoms with Crippen molar-refractivity contribution in [3.8, 4) is 5.75 Å². The van der Waals surface area contributed by atoms with Crippen LogP contribution < -0.4 is 15.0 Å². The van der Waals surface area contributed by atoms with Gasteiger partial charge in [-0.05, 0) is 36.8 Å². The molecule has 1 aliphatic rings. The number of carbonyl (C=O) groups is 1. The van der Waals surface area contributed by atoms with Gasteiger partial charge in [-0.15, -0.1) is 11.3 Å². The number of morpholine rings is 1. The number of rotatable bonds is 7. The average molecular weight is 438 g/mol. The maximum atomic E-state index is 12.9. The van der Waals surface area contributed by atoms with Crippen molar-refractivity contribution in [2.24, 2.45) is 0 Å². The minimum Gasteiger partial charge on any atom is -0.497 e. The first kappa shape index (κ1) is 21.6. The number of carbonyl (C=O) groups excluding carboxylic acids is 1. The molecular formula is C25H29N2O3S+. The van der Waals surface area contributed by atoms with E-state index in [-0.39, 0.29) is 11.9 Å². The Labute approximate surface area is 187 Å². The van der Waals surface area contributed by atoms with Gasteiger partial charge in [-0.3, -0.25) is 4.79 Å². The zero-order chi connectivity index (χ0) is 21.6. The number of thiophene rings is 1. The predicted octanol–water partition coefficient (Wildman–Crippen LogP) is 3.58. The Balaban J connectivity index is 1.75. The molecule has 1 aliphatic heterocycles. The summed E-state index contributed by atoms with van der Waals surface area (Å²) in [6.07, 6.45) is 0.933. The van der Waals surface area contributed by atoms with Crippen molar-refractivity contribution in [3.05, 3.63) is 82.2 Å². The molecule has 0 bridgehead atoms. The first-order chi connectivity index (χ1) is 15.2. The van der Waals surface area contributed by atoms with Crippen LogP contribution in [0, 0.1) is 0 Å². The van der Waals surface area contributed by atoms with Gasteiger partial charge >= 0.3 is 0 Å². The lowest BCUT2D eigenvalue weighted by Crippen LogP contribution is -3.14. The Morgan fingerprint density at radius 3 is 2.61 bits per heavy atom. The number of anilines is 1. The van der Waals surface area contributed by atoms with E-state index in [1.54, 1.807) is 18.4 Å². The molecule has 0 spiro atoms. The molecule has 4 rings (SSSR count). The van der Waals surface area contributed by atoms with Crippen LogP contribution in [0.4, 0.5) is 5.00 Å². The standard InChI is InChI=1S/C25H28N2O3S/c1-3-21-17-22(25(31-21)26-24(28)18-8-5-4-6-9-18)23(27-12-14-30-15-13-27)19-10-7-11-20(16-19)29-2/h4-11,16-17,23H,3,12-15H2,1-2H3,(H,26,28)/p+1. The van der Waals surface area contributed by atoms with E-state index in [0.717, 1.165) is 49.0 Å². The van der Waals surface area contributed by atoms with Crippen LogP contribution in [0.2, 0.25) is 0 Å². The number of methoxy groups -OCH3 is 1. The van der Waals surface area contributed by atoms with Crippen LogP contribution >= 0.6 is 11.3 Å². The summed E-state index contributed by atoms with van der Waals surface area (Å²) in [6.45, 7) is 5.48. The summed E-state index contributed by atoms with van der Waals surface area (Å²) in [5, 5.41) is 4.13. The van der Waals surface area contributed by atoms with Crippen LogP contribution in [0.25, 0.3) is 0 Å². The van der Waals surface area contributed by atoms with Crippen molar-refractivity contribution in [2.45, 2.75) is 19.4 Å². The largest absolute Gasteiger partial charge is 0.497 e. The molecule has 3 aromatic rings. The quantitative estimate of drug-likeness (QED) is 0.594. The summed E-state index contributed by atoms with van der Waals surface area (Å²) in [6, 6.07) is 20.0. The SMILES string of the molecule is CCc1cc(C(c2cccc(OC)c2)[NH+]2CCOCC2)c(NC(=O)c2ccccc2)s1. The molecule has 0 saturated carbocycles. The smallest absolute Gasteiger partial charge is 0.256 e. The highest BCUT2D eigenvalue weighted by atomic mass is 32.1. The molecule has 0 aliphatic carbocycles. The van der Waals surface area contributed by atoms with Gasteiger partial charge < -0.3 is 19.7 Å². The van der Waals surface area contributed by atoms with E-state index in [0.29, 0.717) is 5.56 Å². The second kappa shape index (κ2) is 10.1.